The highest BCUT2D eigenvalue weighted by Crippen LogP contribution is 2.36. The summed E-state index contributed by atoms with van der Waals surface area (Å²) in [4.78, 5) is 36.2. The fourth-order valence-electron chi connectivity index (χ4n) is 4.33. The normalized spacial score (nSPS) is 13.4. The van der Waals surface area contributed by atoms with Crippen molar-refractivity contribution in [3.63, 3.8) is 0 Å². The van der Waals surface area contributed by atoms with Gasteiger partial charge in [-0.3, -0.25) is 18.7 Å². The summed E-state index contributed by atoms with van der Waals surface area (Å²) < 4.78 is 13.3. The minimum atomic E-state index is -0.538. The van der Waals surface area contributed by atoms with E-state index in [9.17, 15) is 9.59 Å². The van der Waals surface area contributed by atoms with E-state index in [0.29, 0.717) is 34.1 Å². The van der Waals surface area contributed by atoms with Gasteiger partial charge in [0.25, 0.3) is 16.8 Å². The summed E-state index contributed by atoms with van der Waals surface area (Å²) in [5.41, 5.74) is 0.122. The third-order valence-electron chi connectivity index (χ3n) is 6.74. The predicted molar refractivity (Wildman–Crippen MR) is 138 cm³/mol. The smallest absolute Gasteiger partial charge is 0.267 e. The lowest BCUT2D eigenvalue weighted by Crippen LogP contribution is -2.38. The first-order chi connectivity index (χ1) is 16.1. The maximum atomic E-state index is 13.5. The van der Waals surface area contributed by atoms with E-state index in [0.717, 1.165) is 5.69 Å². The molecule has 35 heavy (non-hydrogen) atoms. The first-order valence-electron chi connectivity index (χ1n) is 11.9. The maximum Gasteiger partial charge on any atom is 0.267 e. The van der Waals surface area contributed by atoms with Crippen molar-refractivity contribution in [2.75, 3.05) is 0 Å². The van der Waals surface area contributed by atoms with Crippen LogP contribution in [0.2, 0.25) is 0 Å². The van der Waals surface area contributed by atoms with Gasteiger partial charge in [0.2, 0.25) is 0 Å². The average Bonchev–Trinajstić information content (AvgIpc) is 3.38. The second-order valence-corrected chi connectivity index (χ2v) is 12.6. The van der Waals surface area contributed by atoms with Gasteiger partial charge in [0.15, 0.2) is 4.83 Å². The molecule has 4 heterocycles. The molecule has 0 atom stereocenters. The van der Waals surface area contributed by atoms with Crippen molar-refractivity contribution in [2.45, 2.75) is 97.6 Å². The van der Waals surface area contributed by atoms with Crippen LogP contribution in [0, 0.1) is 0 Å². The third kappa shape index (κ3) is 4.32. The molecule has 0 saturated heterocycles. The van der Waals surface area contributed by atoms with Crippen LogP contribution >= 0.6 is 11.5 Å². The van der Waals surface area contributed by atoms with Crippen LogP contribution in [0.5, 0.6) is 0 Å². The Hall–Kier alpha value is -2.88. The molecule has 0 unspecified atom stereocenters. The summed E-state index contributed by atoms with van der Waals surface area (Å²) in [7, 11) is 0. The Kier molecular flexibility index (Phi) is 6.02. The molecule has 0 saturated carbocycles. The standard InChI is InChI=1S/C25H34N6O3S/c1-14(2)30-12-27-20-16(21(30)32)18(29-35-20)24(6,7)10-11-25(8,9)31-13-26-19-15(22(31)33)17(28-34-19)23(3,4)5/h12-14H,10-11H2,1-9H3. The topological polar surface area (TPSA) is 109 Å². The minimum Gasteiger partial charge on any atom is -0.335 e. The molecule has 188 valence electrons. The molecule has 0 radical (unpaired) electrons. The summed E-state index contributed by atoms with van der Waals surface area (Å²) >= 11 is 1.26. The number of aromatic nitrogens is 6. The Labute approximate surface area is 208 Å². The van der Waals surface area contributed by atoms with E-state index in [1.807, 2.05) is 48.5 Å². The summed E-state index contributed by atoms with van der Waals surface area (Å²) in [5.74, 6) is 0. The second kappa shape index (κ2) is 8.36. The summed E-state index contributed by atoms with van der Waals surface area (Å²) in [6, 6.07) is 0.0129. The molecule has 0 fully saturated rings. The molecule has 0 aliphatic carbocycles. The van der Waals surface area contributed by atoms with Crippen molar-refractivity contribution in [1.82, 2.24) is 28.6 Å². The number of rotatable bonds is 6. The molecule has 0 amide bonds. The SMILES string of the molecule is CC(C)n1cnc2snc(C(C)(C)CCC(C)(C)n3cnc4onc(C(C)(C)C)c4c3=O)c2c1=O. The largest absolute Gasteiger partial charge is 0.335 e. The molecule has 4 rings (SSSR count). The lowest BCUT2D eigenvalue weighted by atomic mass is 9.79. The minimum absolute atomic E-state index is 0.0129. The molecule has 10 heteroatoms. The maximum absolute atomic E-state index is 13.5. The summed E-state index contributed by atoms with van der Waals surface area (Å²) in [6.07, 6.45) is 4.51. The van der Waals surface area contributed by atoms with Gasteiger partial charge < -0.3 is 4.52 Å². The highest BCUT2D eigenvalue weighted by Gasteiger charge is 2.33. The van der Waals surface area contributed by atoms with E-state index < -0.39 is 11.0 Å². The van der Waals surface area contributed by atoms with Gasteiger partial charge in [-0.05, 0) is 52.1 Å². The average molecular weight is 499 g/mol. The lowest BCUT2D eigenvalue weighted by molar-refractivity contribution is 0.275. The van der Waals surface area contributed by atoms with Gasteiger partial charge in [0, 0.05) is 22.4 Å². The molecule has 0 N–H and O–H groups in total. The number of hydrogen-bond acceptors (Lipinski definition) is 8. The van der Waals surface area contributed by atoms with Gasteiger partial charge in [-0.25, -0.2) is 9.97 Å². The van der Waals surface area contributed by atoms with Gasteiger partial charge >= 0.3 is 0 Å². The molecule has 9 nitrogen and oxygen atoms in total. The molecule has 0 aliphatic rings. The molecule has 4 aromatic heterocycles. The fraction of sp³-hybridized carbons (Fsp3) is 0.600. The Bertz CT molecular complexity index is 1510. The van der Waals surface area contributed by atoms with Crippen molar-refractivity contribution in [3.8, 4) is 0 Å². The fourth-order valence-corrected chi connectivity index (χ4v) is 5.22. The van der Waals surface area contributed by atoms with Crippen LogP contribution in [-0.2, 0) is 16.4 Å². The Morgan fingerprint density at radius 3 is 2.23 bits per heavy atom. The van der Waals surface area contributed by atoms with E-state index >= 15 is 0 Å². The lowest BCUT2D eigenvalue weighted by Gasteiger charge is -2.32. The van der Waals surface area contributed by atoms with Crippen LogP contribution in [0.25, 0.3) is 21.3 Å². The van der Waals surface area contributed by atoms with Crippen molar-refractivity contribution in [2.24, 2.45) is 0 Å². The highest BCUT2D eigenvalue weighted by molar-refractivity contribution is 7.12. The molecular weight excluding hydrogens is 464 g/mol. The Morgan fingerprint density at radius 2 is 1.60 bits per heavy atom. The second-order valence-electron chi connectivity index (χ2n) is 11.8. The summed E-state index contributed by atoms with van der Waals surface area (Å²) in [6.45, 7) is 18.1. The summed E-state index contributed by atoms with van der Waals surface area (Å²) in [5, 5.41) is 5.15. The van der Waals surface area contributed by atoms with Gasteiger partial charge in [0.05, 0.1) is 12.0 Å². The van der Waals surface area contributed by atoms with E-state index in [1.54, 1.807) is 21.8 Å². The van der Waals surface area contributed by atoms with Crippen LogP contribution in [0.4, 0.5) is 0 Å². The predicted octanol–water partition coefficient (Wildman–Crippen LogP) is 4.92. The quantitative estimate of drug-likeness (QED) is 0.371. The molecular formula is C25H34N6O3S. The molecule has 0 aromatic carbocycles. The van der Waals surface area contributed by atoms with Gasteiger partial charge in [-0.2, -0.15) is 4.37 Å². The van der Waals surface area contributed by atoms with Crippen molar-refractivity contribution >= 4 is 32.8 Å². The first kappa shape index (κ1) is 25.2. The van der Waals surface area contributed by atoms with Crippen molar-refractivity contribution < 1.29 is 4.52 Å². The third-order valence-corrected chi connectivity index (χ3v) is 7.50. The van der Waals surface area contributed by atoms with E-state index in [-0.39, 0.29) is 28.3 Å². The molecule has 0 aliphatic heterocycles. The number of nitrogens with zero attached hydrogens (tertiary/aromatic N) is 6. The zero-order valence-corrected chi connectivity index (χ0v) is 22.8. The van der Waals surface area contributed by atoms with E-state index in [1.165, 1.54) is 11.5 Å². The number of hydrogen-bond donors (Lipinski definition) is 0. The molecule has 0 bridgehead atoms. The van der Waals surface area contributed by atoms with E-state index in [4.69, 9.17) is 4.52 Å². The van der Waals surface area contributed by atoms with Gasteiger partial charge in [-0.15, -0.1) is 0 Å². The first-order valence-corrected chi connectivity index (χ1v) is 12.7. The monoisotopic (exact) mass is 498 g/mol. The van der Waals surface area contributed by atoms with Crippen LogP contribution in [0.1, 0.15) is 92.6 Å². The highest BCUT2D eigenvalue weighted by atomic mass is 32.1. The molecule has 0 spiro atoms. The zero-order valence-electron chi connectivity index (χ0n) is 22.0. The van der Waals surface area contributed by atoms with Crippen LogP contribution in [-0.4, -0.2) is 28.6 Å². The van der Waals surface area contributed by atoms with E-state index in [2.05, 4.69) is 33.3 Å². The van der Waals surface area contributed by atoms with Crippen molar-refractivity contribution in [1.29, 1.82) is 0 Å². The molecule has 4 aromatic rings. The van der Waals surface area contributed by atoms with Gasteiger partial charge in [0.1, 0.15) is 22.8 Å². The van der Waals surface area contributed by atoms with Crippen LogP contribution in [0.3, 0.4) is 0 Å². The van der Waals surface area contributed by atoms with Crippen molar-refractivity contribution in [3.05, 3.63) is 44.8 Å². The van der Waals surface area contributed by atoms with Crippen LogP contribution in [0.15, 0.2) is 26.8 Å². The number of fused-ring (bicyclic) bond motifs is 2. The van der Waals surface area contributed by atoms with Gasteiger partial charge in [-0.1, -0.05) is 39.8 Å². The zero-order chi connectivity index (χ0) is 25.9. The Morgan fingerprint density at radius 1 is 0.914 bits per heavy atom. The Balaban J connectivity index is 1.70. The van der Waals surface area contributed by atoms with Crippen LogP contribution < -0.4 is 11.1 Å².